The molecule has 0 saturated carbocycles. The van der Waals surface area contributed by atoms with Crippen molar-refractivity contribution < 1.29 is 5.11 Å². The molecule has 1 atom stereocenters. The van der Waals surface area contributed by atoms with Crippen molar-refractivity contribution in [3.63, 3.8) is 0 Å². The molecule has 0 saturated heterocycles. The lowest BCUT2D eigenvalue weighted by Crippen LogP contribution is -2.38. The molecule has 3 aromatic carbocycles. The number of aromatic nitrogens is 1. The summed E-state index contributed by atoms with van der Waals surface area (Å²) in [4.78, 5) is 19.4. The van der Waals surface area contributed by atoms with Crippen LogP contribution in [-0.4, -0.2) is 9.67 Å². The first-order valence-electron chi connectivity index (χ1n) is 10.9. The lowest BCUT2D eigenvalue weighted by molar-refractivity contribution is 0.472. The second-order valence-corrected chi connectivity index (χ2v) is 10.7. The molecule has 0 fully saturated rings. The molecule has 6 rings (SSSR count). The highest BCUT2D eigenvalue weighted by Gasteiger charge is 2.32. The largest absolute Gasteiger partial charge is 0.507 e. The number of aryl methyl sites for hydroxylation is 1. The standard InChI is InChI=1S/C27H18BrClN2O2S/c28-21-13-15(5-12-22(21)32)14-23-26(33)31-25(17-6-9-18(29)10-7-17)20-11-8-16-3-1-2-4-19(16)24(20)30-27(31)34-23/h1-7,9-10,12-14,25,32H,8,11H2/b23-14+/t25-/m1/s1. The van der Waals surface area contributed by atoms with Gasteiger partial charge in [0.15, 0.2) is 4.80 Å². The highest BCUT2D eigenvalue weighted by Crippen LogP contribution is 2.41. The van der Waals surface area contributed by atoms with Crippen molar-refractivity contribution in [2.24, 2.45) is 4.99 Å². The number of nitrogens with zero attached hydrogens (tertiary/aromatic N) is 2. The molecular weight excluding hydrogens is 532 g/mol. The van der Waals surface area contributed by atoms with Gasteiger partial charge in [0.25, 0.3) is 5.56 Å². The molecule has 34 heavy (non-hydrogen) atoms. The summed E-state index contributed by atoms with van der Waals surface area (Å²) < 4.78 is 3.01. The van der Waals surface area contributed by atoms with Crippen molar-refractivity contribution in [1.82, 2.24) is 4.57 Å². The number of rotatable bonds is 2. The van der Waals surface area contributed by atoms with Crippen LogP contribution in [0.1, 0.15) is 34.7 Å². The van der Waals surface area contributed by atoms with Gasteiger partial charge in [-0.05, 0) is 81.4 Å². The van der Waals surface area contributed by atoms with Crippen molar-refractivity contribution in [3.8, 4) is 5.75 Å². The number of fused-ring (bicyclic) bond motifs is 3. The lowest BCUT2D eigenvalue weighted by atomic mass is 9.83. The maximum atomic E-state index is 13.7. The summed E-state index contributed by atoms with van der Waals surface area (Å²) in [5.74, 6) is 0.160. The number of allylic oxidation sites excluding steroid dienone is 1. The summed E-state index contributed by atoms with van der Waals surface area (Å²) in [6.45, 7) is 0. The van der Waals surface area contributed by atoms with E-state index in [0.717, 1.165) is 40.8 Å². The van der Waals surface area contributed by atoms with E-state index in [1.807, 2.05) is 41.0 Å². The molecule has 2 heterocycles. The molecular formula is C27H18BrClN2O2S. The third-order valence-electron chi connectivity index (χ3n) is 6.33. The number of phenols is 1. The van der Waals surface area contributed by atoms with E-state index < -0.39 is 0 Å². The van der Waals surface area contributed by atoms with Crippen LogP contribution in [0.4, 0.5) is 0 Å². The molecule has 0 spiro atoms. The van der Waals surface area contributed by atoms with Gasteiger partial charge in [-0.1, -0.05) is 65.4 Å². The summed E-state index contributed by atoms with van der Waals surface area (Å²) >= 11 is 10.9. The van der Waals surface area contributed by atoms with E-state index >= 15 is 0 Å². The Morgan fingerprint density at radius 1 is 1.09 bits per heavy atom. The Morgan fingerprint density at radius 2 is 1.88 bits per heavy atom. The fraction of sp³-hybridized carbons (Fsp3) is 0.111. The Labute approximate surface area is 212 Å². The third kappa shape index (κ3) is 3.57. The lowest BCUT2D eigenvalue weighted by Gasteiger charge is -2.30. The zero-order valence-electron chi connectivity index (χ0n) is 17.8. The maximum absolute atomic E-state index is 13.7. The summed E-state index contributed by atoms with van der Waals surface area (Å²) in [6, 6.07) is 21.1. The van der Waals surface area contributed by atoms with Gasteiger partial charge in [-0.25, -0.2) is 4.99 Å². The van der Waals surface area contributed by atoms with Gasteiger partial charge in [0.1, 0.15) is 5.75 Å². The predicted octanol–water partition coefficient (Wildman–Crippen LogP) is 5.44. The summed E-state index contributed by atoms with van der Waals surface area (Å²) in [6.07, 6.45) is 3.61. The Bertz CT molecular complexity index is 1670. The molecule has 1 aromatic heterocycles. The van der Waals surface area contributed by atoms with Gasteiger partial charge >= 0.3 is 0 Å². The minimum absolute atomic E-state index is 0.0710. The van der Waals surface area contributed by atoms with Crippen LogP contribution in [0.15, 0.2) is 86.6 Å². The fourth-order valence-corrected chi connectivity index (χ4v) is 6.26. The van der Waals surface area contributed by atoms with Crippen molar-refractivity contribution in [2.75, 3.05) is 0 Å². The normalized spacial score (nSPS) is 17.1. The van der Waals surface area contributed by atoms with Crippen molar-refractivity contribution >= 4 is 50.6 Å². The van der Waals surface area contributed by atoms with Crippen LogP contribution in [0.2, 0.25) is 5.02 Å². The maximum Gasteiger partial charge on any atom is 0.271 e. The second kappa shape index (κ2) is 8.38. The summed E-state index contributed by atoms with van der Waals surface area (Å²) in [5.41, 5.74) is 6.33. The molecule has 1 N–H and O–H groups in total. The molecule has 4 aromatic rings. The molecule has 1 aliphatic heterocycles. The van der Waals surface area contributed by atoms with Crippen molar-refractivity contribution in [1.29, 1.82) is 0 Å². The van der Waals surface area contributed by atoms with E-state index in [2.05, 4.69) is 34.1 Å². The van der Waals surface area contributed by atoms with Gasteiger partial charge in [0.05, 0.1) is 20.7 Å². The monoisotopic (exact) mass is 548 g/mol. The Kier molecular flexibility index (Phi) is 5.32. The van der Waals surface area contributed by atoms with Gasteiger partial charge < -0.3 is 5.11 Å². The van der Waals surface area contributed by atoms with Crippen molar-refractivity contribution in [3.05, 3.63) is 124 Å². The molecule has 0 bridgehead atoms. The minimum atomic E-state index is -0.231. The molecule has 2 aliphatic rings. The van der Waals surface area contributed by atoms with E-state index in [9.17, 15) is 9.90 Å². The van der Waals surface area contributed by atoms with Crippen LogP contribution in [0.3, 0.4) is 0 Å². The molecule has 4 nitrogen and oxygen atoms in total. The Hall–Kier alpha value is -2.93. The quantitative estimate of drug-likeness (QED) is 0.362. The zero-order valence-corrected chi connectivity index (χ0v) is 21.0. The van der Waals surface area contributed by atoms with Gasteiger partial charge in [-0.15, -0.1) is 0 Å². The molecule has 168 valence electrons. The van der Waals surface area contributed by atoms with E-state index in [1.54, 1.807) is 18.2 Å². The first-order chi connectivity index (χ1) is 16.5. The number of thiazole rings is 1. The highest BCUT2D eigenvalue weighted by molar-refractivity contribution is 9.10. The third-order valence-corrected chi connectivity index (χ3v) is 8.20. The van der Waals surface area contributed by atoms with Crippen LogP contribution in [0, 0.1) is 0 Å². The van der Waals surface area contributed by atoms with Gasteiger partial charge in [0, 0.05) is 10.6 Å². The summed E-state index contributed by atoms with van der Waals surface area (Å²) in [7, 11) is 0. The number of benzene rings is 3. The predicted molar refractivity (Wildman–Crippen MR) is 140 cm³/mol. The van der Waals surface area contributed by atoms with Crippen LogP contribution >= 0.6 is 38.9 Å². The van der Waals surface area contributed by atoms with Gasteiger partial charge in [0.2, 0.25) is 0 Å². The van der Waals surface area contributed by atoms with E-state index in [0.29, 0.717) is 18.8 Å². The Morgan fingerprint density at radius 3 is 2.68 bits per heavy atom. The number of halogens is 2. The Balaban J connectivity index is 1.62. The number of hydrogen-bond acceptors (Lipinski definition) is 4. The first-order valence-corrected chi connectivity index (χ1v) is 12.9. The number of phenolic OH excluding ortho intramolecular Hbond substituents is 1. The molecule has 0 unspecified atom stereocenters. The summed E-state index contributed by atoms with van der Waals surface area (Å²) in [5, 5.41) is 10.5. The molecule has 7 heteroatoms. The van der Waals surface area contributed by atoms with E-state index in [-0.39, 0.29) is 17.4 Å². The zero-order chi connectivity index (χ0) is 23.4. The van der Waals surface area contributed by atoms with Crippen molar-refractivity contribution in [2.45, 2.75) is 18.9 Å². The van der Waals surface area contributed by atoms with Crippen LogP contribution < -0.4 is 14.9 Å². The minimum Gasteiger partial charge on any atom is -0.507 e. The average molecular weight is 550 g/mol. The van der Waals surface area contributed by atoms with Crippen LogP contribution in [-0.2, 0) is 6.42 Å². The molecule has 0 amide bonds. The number of aromatic hydroxyl groups is 1. The first kappa shape index (κ1) is 21.6. The van der Waals surface area contributed by atoms with Crippen LogP contribution in [0.25, 0.3) is 11.8 Å². The molecule has 1 aliphatic carbocycles. The topological polar surface area (TPSA) is 54.6 Å². The average Bonchev–Trinajstić information content (AvgIpc) is 3.15. The number of hydrogen-bond donors (Lipinski definition) is 1. The van der Waals surface area contributed by atoms with Gasteiger partial charge in [-0.3, -0.25) is 9.36 Å². The molecule has 0 radical (unpaired) electrons. The highest BCUT2D eigenvalue weighted by atomic mass is 79.9. The van der Waals surface area contributed by atoms with Gasteiger partial charge in [-0.2, -0.15) is 0 Å². The van der Waals surface area contributed by atoms with E-state index in [4.69, 9.17) is 16.6 Å². The SMILES string of the molecule is O=c1/c(=C\c2ccc(O)c(Br)c2)sc2n1[C@H](c1ccc(Cl)cc1)C1=C(N=2)c2ccccc2CC1. The second-order valence-electron chi connectivity index (χ2n) is 8.38. The van der Waals surface area contributed by atoms with Crippen LogP contribution in [0.5, 0.6) is 5.75 Å². The smallest absolute Gasteiger partial charge is 0.271 e. The fourth-order valence-electron chi connectivity index (χ4n) is 4.73. The van der Waals surface area contributed by atoms with E-state index in [1.165, 1.54) is 16.9 Å².